The molecule has 9 heteroatoms. The highest BCUT2D eigenvalue weighted by Gasteiger charge is 2.39. The number of nitrogens with one attached hydrogen (secondary N) is 4. The van der Waals surface area contributed by atoms with Crippen molar-refractivity contribution < 1.29 is 19.2 Å². The van der Waals surface area contributed by atoms with Gasteiger partial charge in [-0.1, -0.05) is 18.2 Å². The summed E-state index contributed by atoms with van der Waals surface area (Å²) in [5.74, 6) is -0.941. The van der Waals surface area contributed by atoms with E-state index in [1.54, 1.807) is 12.1 Å². The molecule has 4 N–H and O–H groups in total. The maximum absolute atomic E-state index is 12.8. The van der Waals surface area contributed by atoms with Crippen LogP contribution >= 0.6 is 0 Å². The molecule has 170 valence electrons. The van der Waals surface area contributed by atoms with E-state index in [1.165, 1.54) is 16.0 Å². The molecule has 2 aromatic rings. The van der Waals surface area contributed by atoms with Crippen LogP contribution in [0.5, 0.6) is 0 Å². The molecule has 0 spiro atoms. The Kier molecular flexibility index (Phi) is 5.55. The second-order valence-electron chi connectivity index (χ2n) is 8.61. The van der Waals surface area contributed by atoms with Crippen LogP contribution in [0.4, 0.5) is 10.5 Å². The Morgan fingerprint density at radius 2 is 1.91 bits per heavy atom. The highest BCUT2D eigenvalue weighted by molar-refractivity contribution is 6.05. The number of carbonyl (C=O) groups is 4. The molecule has 2 aromatic carbocycles. The van der Waals surface area contributed by atoms with Crippen LogP contribution in [0.15, 0.2) is 36.4 Å². The molecule has 5 amide bonds. The fraction of sp³-hybridized carbons (Fsp3) is 0.333. The van der Waals surface area contributed by atoms with E-state index in [0.29, 0.717) is 25.1 Å². The lowest BCUT2D eigenvalue weighted by Gasteiger charge is -2.29. The Balaban J connectivity index is 1.19. The van der Waals surface area contributed by atoms with Crippen molar-refractivity contribution in [2.75, 3.05) is 11.9 Å². The van der Waals surface area contributed by atoms with E-state index < -0.39 is 11.9 Å². The van der Waals surface area contributed by atoms with Crippen molar-refractivity contribution in [2.24, 2.45) is 0 Å². The number of imide groups is 1. The number of rotatable bonds is 4. The zero-order valence-corrected chi connectivity index (χ0v) is 18.1. The highest BCUT2D eigenvalue weighted by atomic mass is 16.2. The molecule has 0 aromatic heterocycles. The Morgan fingerprint density at radius 3 is 2.76 bits per heavy atom. The van der Waals surface area contributed by atoms with E-state index in [9.17, 15) is 19.2 Å². The van der Waals surface area contributed by atoms with Gasteiger partial charge >= 0.3 is 6.03 Å². The average Bonchev–Trinajstić information content (AvgIpc) is 3.13. The number of piperidine rings is 1. The molecule has 1 fully saturated rings. The third-order valence-corrected chi connectivity index (χ3v) is 6.39. The zero-order chi connectivity index (χ0) is 22.9. The summed E-state index contributed by atoms with van der Waals surface area (Å²) in [4.78, 5) is 50.3. The molecular formula is C24H25N5O4. The first kappa shape index (κ1) is 21.1. The van der Waals surface area contributed by atoms with Crippen molar-refractivity contribution in [2.45, 2.75) is 44.9 Å². The van der Waals surface area contributed by atoms with E-state index in [-0.39, 0.29) is 24.3 Å². The second kappa shape index (κ2) is 8.67. The predicted molar refractivity (Wildman–Crippen MR) is 120 cm³/mol. The van der Waals surface area contributed by atoms with Crippen LogP contribution in [0.1, 0.15) is 45.5 Å². The third kappa shape index (κ3) is 4.31. The maximum Gasteiger partial charge on any atom is 0.319 e. The van der Waals surface area contributed by atoms with Crippen molar-refractivity contribution in [1.82, 2.24) is 20.9 Å². The van der Waals surface area contributed by atoms with Crippen molar-refractivity contribution in [3.63, 3.8) is 0 Å². The van der Waals surface area contributed by atoms with Gasteiger partial charge in [-0.25, -0.2) is 4.79 Å². The second-order valence-corrected chi connectivity index (χ2v) is 8.61. The lowest BCUT2D eigenvalue weighted by molar-refractivity contribution is -0.136. The van der Waals surface area contributed by atoms with Crippen molar-refractivity contribution in [3.8, 4) is 0 Å². The van der Waals surface area contributed by atoms with Gasteiger partial charge in [-0.3, -0.25) is 19.7 Å². The molecule has 1 saturated heterocycles. The molecule has 0 aliphatic carbocycles. The van der Waals surface area contributed by atoms with E-state index >= 15 is 0 Å². The monoisotopic (exact) mass is 447 g/mol. The predicted octanol–water partition coefficient (Wildman–Crippen LogP) is 1.41. The van der Waals surface area contributed by atoms with E-state index in [1.807, 2.05) is 24.3 Å². The number of nitrogens with zero attached hydrogens (tertiary/aromatic N) is 1. The molecule has 5 rings (SSSR count). The van der Waals surface area contributed by atoms with Gasteiger partial charge < -0.3 is 20.9 Å². The molecule has 0 saturated carbocycles. The molecular weight excluding hydrogens is 422 g/mol. The van der Waals surface area contributed by atoms with Gasteiger partial charge in [0, 0.05) is 37.3 Å². The quantitative estimate of drug-likeness (QED) is 0.529. The van der Waals surface area contributed by atoms with Crippen LogP contribution < -0.4 is 21.3 Å². The van der Waals surface area contributed by atoms with Gasteiger partial charge in [0.2, 0.25) is 11.8 Å². The van der Waals surface area contributed by atoms with Crippen molar-refractivity contribution in [3.05, 3.63) is 64.2 Å². The maximum atomic E-state index is 12.8. The SMILES string of the molecule is O=C1CCC(N2Cc3cc(CNC(=O)Nc4ccc5c(c4)CCNC5)ccc3C2=O)C(=O)N1. The minimum absolute atomic E-state index is 0.209. The normalized spacial score (nSPS) is 19.6. The van der Waals surface area contributed by atoms with Gasteiger partial charge in [-0.2, -0.15) is 0 Å². The number of hydrogen-bond acceptors (Lipinski definition) is 5. The summed E-state index contributed by atoms with van der Waals surface area (Å²) >= 11 is 0. The third-order valence-electron chi connectivity index (χ3n) is 6.39. The largest absolute Gasteiger partial charge is 0.334 e. The van der Waals surface area contributed by atoms with Gasteiger partial charge in [0.25, 0.3) is 5.91 Å². The summed E-state index contributed by atoms with van der Waals surface area (Å²) in [5, 5.41) is 11.4. The van der Waals surface area contributed by atoms with Crippen molar-refractivity contribution in [1.29, 1.82) is 0 Å². The average molecular weight is 447 g/mol. The van der Waals surface area contributed by atoms with Crippen LogP contribution in [-0.4, -0.2) is 41.2 Å². The van der Waals surface area contributed by atoms with Crippen LogP contribution in [0.25, 0.3) is 0 Å². The number of amides is 5. The Bertz CT molecular complexity index is 1160. The highest BCUT2D eigenvalue weighted by Crippen LogP contribution is 2.28. The molecule has 0 radical (unpaired) electrons. The summed E-state index contributed by atoms with van der Waals surface area (Å²) in [6.45, 7) is 2.40. The Morgan fingerprint density at radius 1 is 1.03 bits per heavy atom. The Labute approximate surface area is 190 Å². The number of carbonyl (C=O) groups excluding carboxylic acids is 4. The van der Waals surface area contributed by atoms with E-state index in [4.69, 9.17) is 0 Å². The first-order chi connectivity index (χ1) is 16.0. The molecule has 33 heavy (non-hydrogen) atoms. The van der Waals surface area contributed by atoms with Crippen LogP contribution in [0.3, 0.4) is 0 Å². The summed E-state index contributed by atoms with van der Waals surface area (Å²) in [5.41, 5.74) is 5.48. The molecule has 3 aliphatic rings. The first-order valence-corrected chi connectivity index (χ1v) is 11.1. The molecule has 3 aliphatic heterocycles. The van der Waals surface area contributed by atoms with E-state index in [2.05, 4.69) is 21.3 Å². The minimum Gasteiger partial charge on any atom is -0.334 e. The molecule has 3 heterocycles. The number of benzene rings is 2. The van der Waals surface area contributed by atoms with Gasteiger partial charge in [-0.05, 0) is 59.8 Å². The van der Waals surface area contributed by atoms with Crippen LogP contribution in [-0.2, 0) is 35.6 Å². The van der Waals surface area contributed by atoms with Gasteiger partial charge in [-0.15, -0.1) is 0 Å². The summed E-state index contributed by atoms with van der Waals surface area (Å²) in [6.07, 6.45) is 1.50. The number of fused-ring (bicyclic) bond motifs is 2. The fourth-order valence-electron chi connectivity index (χ4n) is 4.65. The summed E-state index contributed by atoms with van der Waals surface area (Å²) < 4.78 is 0. The van der Waals surface area contributed by atoms with Gasteiger partial charge in [0.1, 0.15) is 6.04 Å². The number of anilines is 1. The molecule has 9 nitrogen and oxygen atoms in total. The first-order valence-electron chi connectivity index (χ1n) is 11.1. The standard InChI is InChI=1S/C24H25N5O4/c30-21-6-5-20(22(31)28-21)29-13-17-9-14(1-4-19(17)23(29)32)11-26-24(33)27-18-3-2-16-12-25-8-7-15(16)10-18/h1-4,9-10,20,25H,5-8,11-13H2,(H2,26,27,33)(H,28,30,31). The topological polar surface area (TPSA) is 120 Å². The van der Waals surface area contributed by atoms with Crippen LogP contribution in [0, 0.1) is 0 Å². The van der Waals surface area contributed by atoms with Gasteiger partial charge in [0.05, 0.1) is 0 Å². The fourth-order valence-corrected chi connectivity index (χ4v) is 4.65. The van der Waals surface area contributed by atoms with Gasteiger partial charge in [0.15, 0.2) is 0 Å². The number of hydrogen-bond donors (Lipinski definition) is 4. The zero-order valence-electron chi connectivity index (χ0n) is 18.1. The van der Waals surface area contributed by atoms with E-state index in [0.717, 1.165) is 36.3 Å². The molecule has 0 bridgehead atoms. The van der Waals surface area contributed by atoms with Crippen molar-refractivity contribution >= 4 is 29.4 Å². The minimum atomic E-state index is -0.637. The lowest BCUT2D eigenvalue weighted by Crippen LogP contribution is -2.52. The smallest absolute Gasteiger partial charge is 0.319 e. The van der Waals surface area contributed by atoms with Crippen LogP contribution in [0.2, 0.25) is 0 Å². The Hall–Kier alpha value is -3.72. The molecule has 1 atom stereocenters. The summed E-state index contributed by atoms with van der Waals surface area (Å²) in [7, 11) is 0. The number of urea groups is 1. The summed E-state index contributed by atoms with van der Waals surface area (Å²) in [6, 6.07) is 10.4. The molecule has 1 unspecified atom stereocenters. The lowest BCUT2D eigenvalue weighted by atomic mass is 10.0.